The number of hydrogen-bond donors (Lipinski definition) is 2. The van der Waals surface area contributed by atoms with Crippen molar-refractivity contribution < 1.29 is 4.79 Å². The van der Waals surface area contributed by atoms with Crippen LogP contribution < -0.4 is 11.1 Å². The summed E-state index contributed by atoms with van der Waals surface area (Å²) in [6.07, 6.45) is 0.914. The van der Waals surface area contributed by atoms with Crippen molar-refractivity contribution >= 4 is 11.6 Å². The van der Waals surface area contributed by atoms with Gasteiger partial charge < -0.3 is 11.1 Å². The maximum absolute atomic E-state index is 12.4. The van der Waals surface area contributed by atoms with Crippen LogP contribution in [0.4, 0.5) is 5.69 Å². The highest BCUT2D eigenvalue weighted by molar-refractivity contribution is 5.93. The number of anilines is 1. The normalized spacial score (nSPS) is 10.8. The predicted octanol–water partition coefficient (Wildman–Crippen LogP) is 2.75. The van der Waals surface area contributed by atoms with Gasteiger partial charge in [-0.3, -0.25) is 9.69 Å². The van der Waals surface area contributed by atoms with E-state index in [-0.39, 0.29) is 5.91 Å². The Bertz CT molecular complexity index is 655. The Kier molecular flexibility index (Phi) is 6.97. The molecule has 0 heterocycles. The highest BCUT2D eigenvalue weighted by Crippen LogP contribution is 2.15. The molecule has 2 aromatic rings. The molecule has 0 aliphatic rings. The zero-order chi connectivity index (χ0) is 17.4. The number of aryl methyl sites for hydroxylation is 2. The van der Waals surface area contributed by atoms with Gasteiger partial charge in [-0.2, -0.15) is 0 Å². The first-order chi connectivity index (χ1) is 11.6. The number of nitrogens with one attached hydrogen (secondary N) is 1. The van der Waals surface area contributed by atoms with E-state index in [1.165, 1.54) is 11.1 Å². The second-order valence-corrected chi connectivity index (χ2v) is 6.17. The number of carbonyl (C=O) groups excluding carboxylic acids is 1. The number of nitrogens with zero attached hydrogens (tertiary/aromatic N) is 1. The van der Waals surface area contributed by atoms with Crippen molar-refractivity contribution in [2.75, 3.05) is 31.5 Å². The highest BCUT2D eigenvalue weighted by atomic mass is 16.2. The maximum Gasteiger partial charge on any atom is 0.238 e. The molecule has 24 heavy (non-hydrogen) atoms. The van der Waals surface area contributed by atoms with Crippen molar-refractivity contribution in [1.29, 1.82) is 0 Å². The Balaban J connectivity index is 1.90. The van der Waals surface area contributed by atoms with E-state index >= 15 is 0 Å². The number of rotatable bonds is 8. The van der Waals surface area contributed by atoms with Gasteiger partial charge in [0.1, 0.15) is 0 Å². The number of nitrogens with two attached hydrogens (primary N) is 1. The van der Waals surface area contributed by atoms with Crippen LogP contribution in [0.2, 0.25) is 0 Å². The van der Waals surface area contributed by atoms with Crippen LogP contribution in [-0.2, 0) is 11.2 Å². The minimum Gasteiger partial charge on any atom is -0.329 e. The fourth-order valence-electron chi connectivity index (χ4n) is 2.73. The first-order valence-electron chi connectivity index (χ1n) is 8.42. The van der Waals surface area contributed by atoms with Gasteiger partial charge >= 0.3 is 0 Å². The summed E-state index contributed by atoms with van der Waals surface area (Å²) in [7, 11) is 0. The Hall–Kier alpha value is -2.17. The molecule has 0 bridgehead atoms. The smallest absolute Gasteiger partial charge is 0.238 e. The Morgan fingerprint density at radius 1 is 1.08 bits per heavy atom. The molecule has 0 saturated carbocycles. The van der Waals surface area contributed by atoms with Crippen molar-refractivity contribution in [3.05, 3.63) is 65.2 Å². The number of benzene rings is 2. The van der Waals surface area contributed by atoms with Crippen LogP contribution in [0.15, 0.2) is 48.5 Å². The van der Waals surface area contributed by atoms with Crippen LogP contribution >= 0.6 is 0 Å². The average molecular weight is 325 g/mol. The molecule has 2 aromatic carbocycles. The lowest BCUT2D eigenvalue weighted by atomic mass is 10.1. The monoisotopic (exact) mass is 325 g/mol. The summed E-state index contributed by atoms with van der Waals surface area (Å²) < 4.78 is 0. The first kappa shape index (κ1) is 18.2. The third-order valence-electron chi connectivity index (χ3n) is 4.03. The molecule has 0 aliphatic heterocycles. The maximum atomic E-state index is 12.4. The fourth-order valence-corrected chi connectivity index (χ4v) is 2.73. The number of amides is 1. The van der Waals surface area contributed by atoms with Crippen LogP contribution in [0.1, 0.15) is 16.7 Å². The quantitative estimate of drug-likeness (QED) is 0.784. The number of carbonyl (C=O) groups is 1. The molecular formula is C20H27N3O. The summed E-state index contributed by atoms with van der Waals surface area (Å²) in [4.78, 5) is 14.5. The number of hydrogen-bond acceptors (Lipinski definition) is 3. The molecule has 1 amide bonds. The molecule has 128 valence electrons. The second-order valence-electron chi connectivity index (χ2n) is 6.17. The lowest BCUT2D eigenvalue weighted by Gasteiger charge is -2.21. The third-order valence-corrected chi connectivity index (χ3v) is 4.03. The van der Waals surface area contributed by atoms with E-state index in [0.717, 1.165) is 24.2 Å². The lowest BCUT2D eigenvalue weighted by Crippen LogP contribution is -2.38. The van der Waals surface area contributed by atoms with Crippen LogP contribution in [0.5, 0.6) is 0 Å². The van der Waals surface area contributed by atoms with Gasteiger partial charge in [0.2, 0.25) is 5.91 Å². The summed E-state index contributed by atoms with van der Waals surface area (Å²) in [6, 6.07) is 16.3. The van der Waals surface area contributed by atoms with E-state index in [1.54, 1.807) is 0 Å². The summed E-state index contributed by atoms with van der Waals surface area (Å²) in [5.74, 6) is 0.00321. The fraction of sp³-hybridized carbons (Fsp3) is 0.350. The lowest BCUT2D eigenvalue weighted by molar-refractivity contribution is -0.117. The minimum absolute atomic E-state index is 0.00321. The van der Waals surface area contributed by atoms with Crippen LogP contribution in [0.25, 0.3) is 0 Å². The van der Waals surface area contributed by atoms with E-state index in [2.05, 4.69) is 28.4 Å². The van der Waals surface area contributed by atoms with E-state index in [1.807, 2.05) is 44.2 Å². The zero-order valence-electron chi connectivity index (χ0n) is 14.6. The molecule has 0 aliphatic carbocycles. The predicted molar refractivity (Wildman–Crippen MR) is 100 cm³/mol. The molecule has 4 nitrogen and oxygen atoms in total. The van der Waals surface area contributed by atoms with Gasteiger partial charge in [0.15, 0.2) is 0 Å². The van der Waals surface area contributed by atoms with Crippen molar-refractivity contribution in [2.24, 2.45) is 5.73 Å². The molecule has 0 fully saturated rings. The SMILES string of the molecule is Cc1ccc(NC(=O)CN(CCN)CCc2ccccc2)c(C)c1. The molecule has 0 spiro atoms. The van der Waals surface area contributed by atoms with E-state index in [4.69, 9.17) is 5.73 Å². The molecular weight excluding hydrogens is 298 g/mol. The molecule has 3 N–H and O–H groups in total. The highest BCUT2D eigenvalue weighted by Gasteiger charge is 2.11. The van der Waals surface area contributed by atoms with E-state index in [0.29, 0.717) is 19.6 Å². The van der Waals surface area contributed by atoms with Gasteiger partial charge in [0.05, 0.1) is 6.54 Å². The molecule has 4 heteroatoms. The molecule has 0 saturated heterocycles. The molecule has 0 radical (unpaired) electrons. The standard InChI is InChI=1S/C20H27N3O/c1-16-8-9-19(17(2)14-16)22-20(24)15-23(13-11-21)12-10-18-6-4-3-5-7-18/h3-9,14H,10-13,15,21H2,1-2H3,(H,22,24). The van der Waals surface area contributed by atoms with Gasteiger partial charge in [-0.15, -0.1) is 0 Å². The van der Waals surface area contributed by atoms with Gasteiger partial charge in [-0.25, -0.2) is 0 Å². The van der Waals surface area contributed by atoms with Crippen molar-refractivity contribution in [3.8, 4) is 0 Å². The minimum atomic E-state index is 0.00321. The van der Waals surface area contributed by atoms with Gasteiger partial charge in [-0.05, 0) is 37.5 Å². The van der Waals surface area contributed by atoms with E-state index in [9.17, 15) is 4.79 Å². The Labute approximate surface area is 144 Å². The molecule has 0 aromatic heterocycles. The molecule has 0 atom stereocenters. The van der Waals surface area contributed by atoms with Gasteiger partial charge in [0, 0.05) is 25.3 Å². The molecule has 0 unspecified atom stereocenters. The topological polar surface area (TPSA) is 58.4 Å². The summed E-state index contributed by atoms with van der Waals surface area (Å²) >= 11 is 0. The first-order valence-corrected chi connectivity index (χ1v) is 8.42. The van der Waals surface area contributed by atoms with Crippen LogP contribution in [0, 0.1) is 13.8 Å². The average Bonchev–Trinajstić information content (AvgIpc) is 2.56. The van der Waals surface area contributed by atoms with Gasteiger partial charge in [-0.1, -0.05) is 48.0 Å². The Morgan fingerprint density at radius 2 is 1.83 bits per heavy atom. The van der Waals surface area contributed by atoms with Gasteiger partial charge in [0.25, 0.3) is 0 Å². The summed E-state index contributed by atoms with van der Waals surface area (Å²) in [5.41, 5.74) is 10.1. The second kappa shape index (κ2) is 9.21. The van der Waals surface area contributed by atoms with Crippen LogP contribution in [-0.4, -0.2) is 37.0 Å². The van der Waals surface area contributed by atoms with E-state index < -0.39 is 0 Å². The largest absolute Gasteiger partial charge is 0.329 e. The summed E-state index contributed by atoms with van der Waals surface area (Å²) in [5, 5.41) is 3.00. The Morgan fingerprint density at radius 3 is 2.50 bits per heavy atom. The van der Waals surface area contributed by atoms with Crippen molar-refractivity contribution in [3.63, 3.8) is 0 Å². The molecule has 2 rings (SSSR count). The van der Waals surface area contributed by atoms with Crippen LogP contribution in [0.3, 0.4) is 0 Å². The van der Waals surface area contributed by atoms with Crippen molar-refractivity contribution in [2.45, 2.75) is 20.3 Å². The summed E-state index contributed by atoms with van der Waals surface area (Å²) in [6.45, 7) is 6.50. The third kappa shape index (κ3) is 5.80. The van der Waals surface area contributed by atoms with Crippen molar-refractivity contribution in [1.82, 2.24) is 4.90 Å². The zero-order valence-corrected chi connectivity index (χ0v) is 14.6.